The van der Waals surface area contributed by atoms with E-state index in [0.29, 0.717) is 5.69 Å². The summed E-state index contributed by atoms with van der Waals surface area (Å²) in [4.78, 5) is 11.9. The van der Waals surface area contributed by atoms with Crippen LogP contribution in [0.2, 0.25) is 0 Å². The fourth-order valence-electron chi connectivity index (χ4n) is 2.47. The molecule has 6 heteroatoms. The van der Waals surface area contributed by atoms with E-state index in [9.17, 15) is 4.79 Å². The van der Waals surface area contributed by atoms with Crippen LogP contribution in [0, 0.1) is 5.92 Å². The second kappa shape index (κ2) is 6.44. The standard InChI is InChI=1S/C16H18N4O2/c21-11-12-2-3-14(10-12)19-16(22)18-13-4-6-15(7-5-13)20-9-1-8-17-20/h1-9,12,14,21H,10-11H2,(H2,18,19,22)/t12-,14+/m0/s1. The van der Waals surface area contributed by atoms with Crippen molar-refractivity contribution in [1.82, 2.24) is 15.1 Å². The zero-order valence-electron chi connectivity index (χ0n) is 12.0. The van der Waals surface area contributed by atoms with Gasteiger partial charge in [-0.3, -0.25) is 0 Å². The van der Waals surface area contributed by atoms with Crippen molar-refractivity contribution in [2.75, 3.05) is 11.9 Å². The summed E-state index contributed by atoms with van der Waals surface area (Å²) in [5.74, 6) is 0.138. The minimum absolute atomic E-state index is 0.0273. The third-order valence-electron chi connectivity index (χ3n) is 3.62. The molecule has 1 aromatic carbocycles. The quantitative estimate of drug-likeness (QED) is 0.755. The summed E-state index contributed by atoms with van der Waals surface area (Å²) in [6.45, 7) is 0.116. The van der Waals surface area contributed by atoms with E-state index in [4.69, 9.17) is 5.11 Å². The fraction of sp³-hybridized carbons (Fsp3) is 0.250. The van der Waals surface area contributed by atoms with E-state index in [1.165, 1.54) is 0 Å². The van der Waals surface area contributed by atoms with E-state index in [-0.39, 0.29) is 24.6 Å². The van der Waals surface area contributed by atoms with Gasteiger partial charge in [-0.2, -0.15) is 5.10 Å². The number of nitrogens with one attached hydrogen (secondary N) is 2. The highest BCUT2D eigenvalue weighted by molar-refractivity contribution is 5.89. The summed E-state index contributed by atoms with van der Waals surface area (Å²) >= 11 is 0. The molecule has 2 aromatic rings. The Hall–Kier alpha value is -2.60. The van der Waals surface area contributed by atoms with E-state index in [0.717, 1.165) is 12.1 Å². The highest BCUT2D eigenvalue weighted by Gasteiger charge is 2.19. The van der Waals surface area contributed by atoms with Gasteiger partial charge < -0.3 is 15.7 Å². The zero-order valence-corrected chi connectivity index (χ0v) is 12.0. The summed E-state index contributed by atoms with van der Waals surface area (Å²) in [6, 6.07) is 9.02. The maximum atomic E-state index is 11.9. The van der Waals surface area contributed by atoms with E-state index in [2.05, 4.69) is 15.7 Å². The Balaban J connectivity index is 1.55. The van der Waals surface area contributed by atoms with Crippen molar-refractivity contribution in [1.29, 1.82) is 0 Å². The van der Waals surface area contributed by atoms with E-state index >= 15 is 0 Å². The number of amides is 2. The molecule has 0 radical (unpaired) electrons. The smallest absolute Gasteiger partial charge is 0.319 e. The van der Waals surface area contributed by atoms with Gasteiger partial charge in [-0.15, -0.1) is 0 Å². The first-order chi connectivity index (χ1) is 10.7. The molecule has 6 nitrogen and oxygen atoms in total. The Labute approximate surface area is 128 Å². The van der Waals surface area contributed by atoms with Crippen molar-refractivity contribution in [2.24, 2.45) is 5.92 Å². The number of urea groups is 1. The normalized spacial score (nSPS) is 20.0. The van der Waals surface area contributed by atoms with E-state index in [1.54, 1.807) is 10.9 Å². The summed E-state index contributed by atoms with van der Waals surface area (Å²) in [5, 5.41) is 18.9. The molecule has 0 unspecified atom stereocenters. The summed E-state index contributed by atoms with van der Waals surface area (Å²) < 4.78 is 1.75. The van der Waals surface area contributed by atoms with Gasteiger partial charge in [0, 0.05) is 36.6 Å². The number of nitrogens with zero attached hydrogens (tertiary/aromatic N) is 2. The minimum atomic E-state index is -0.250. The molecule has 3 rings (SSSR count). The van der Waals surface area contributed by atoms with E-state index < -0.39 is 0 Å². The maximum absolute atomic E-state index is 11.9. The molecule has 3 N–H and O–H groups in total. The molecule has 1 aliphatic rings. The van der Waals surface area contributed by atoms with Crippen LogP contribution in [0.15, 0.2) is 54.9 Å². The molecule has 0 fully saturated rings. The van der Waals surface area contributed by atoms with Crippen LogP contribution in [0.5, 0.6) is 0 Å². The van der Waals surface area contributed by atoms with Crippen molar-refractivity contribution >= 4 is 11.7 Å². The third kappa shape index (κ3) is 3.35. The van der Waals surface area contributed by atoms with Crippen LogP contribution in [-0.2, 0) is 0 Å². The summed E-state index contributed by atoms with van der Waals surface area (Å²) in [6.07, 6.45) is 8.17. The Kier molecular flexibility index (Phi) is 4.20. The molecule has 0 saturated heterocycles. The van der Waals surface area contributed by atoms with Crippen LogP contribution in [-0.4, -0.2) is 33.6 Å². The monoisotopic (exact) mass is 298 g/mol. The van der Waals surface area contributed by atoms with Gasteiger partial charge in [0.2, 0.25) is 0 Å². The molecular formula is C16H18N4O2. The Bertz CT molecular complexity index is 649. The number of anilines is 1. The SMILES string of the molecule is O=C(Nc1ccc(-n2cccn2)cc1)N[C@@H]1C=C[C@H](CO)C1. The highest BCUT2D eigenvalue weighted by Crippen LogP contribution is 2.17. The Morgan fingerprint density at radius 3 is 2.77 bits per heavy atom. The van der Waals surface area contributed by atoms with Crippen LogP contribution >= 0.6 is 0 Å². The topological polar surface area (TPSA) is 79.2 Å². The first-order valence-corrected chi connectivity index (χ1v) is 7.21. The second-order valence-corrected chi connectivity index (χ2v) is 5.27. The van der Waals surface area contributed by atoms with Crippen LogP contribution < -0.4 is 10.6 Å². The molecule has 0 aliphatic heterocycles. The molecule has 1 aromatic heterocycles. The van der Waals surface area contributed by atoms with Crippen LogP contribution in [0.25, 0.3) is 5.69 Å². The third-order valence-corrected chi connectivity index (χ3v) is 3.62. The molecule has 2 atom stereocenters. The minimum Gasteiger partial charge on any atom is -0.396 e. The number of hydrogen-bond acceptors (Lipinski definition) is 3. The van der Waals surface area contributed by atoms with Gasteiger partial charge in [-0.1, -0.05) is 12.2 Å². The number of aliphatic hydroxyl groups excluding tert-OH is 1. The van der Waals surface area contributed by atoms with Gasteiger partial charge in [0.05, 0.1) is 5.69 Å². The van der Waals surface area contributed by atoms with Gasteiger partial charge in [0.25, 0.3) is 0 Å². The molecule has 0 saturated carbocycles. The van der Waals surface area contributed by atoms with Gasteiger partial charge in [-0.05, 0) is 36.8 Å². The summed E-state index contributed by atoms with van der Waals surface area (Å²) in [7, 11) is 0. The number of aromatic nitrogens is 2. The predicted molar refractivity (Wildman–Crippen MR) is 83.8 cm³/mol. The van der Waals surface area contributed by atoms with E-state index in [1.807, 2.05) is 48.7 Å². The molecule has 1 heterocycles. The van der Waals surface area contributed by atoms with Crippen molar-refractivity contribution in [2.45, 2.75) is 12.5 Å². The molecule has 0 bridgehead atoms. The summed E-state index contributed by atoms with van der Waals surface area (Å²) in [5.41, 5.74) is 1.65. The van der Waals surface area contributed by atoms with Crippen LogP contribution in [0.4, 0.5) is 10.5 Å². The second-order valence-electron chi connectivity index (χ2n) is 5.27. The number of carbonyl (C=O) groups is 1. The molecule has 2 amide bonds. The van der Waals surface area contributed by atoms with Gasteiger partial charge in [-0.25, -0.2) is 9.48 Å². The lowest BCUT2D eigenvalue weighted by Gasteiger charge is -2.13. The molecule has 0 spiro atoms. The van der Waals surface area contributed by atoms with Gasteiger partial charge in [0.15, 0.2) is 0 Å². The lowest BCUT2D eigenvalue weighted by Crippen LogP contribution is -2.36. The number of aliphatic hydroxyl groups is 1. The van der Waals surface area contributed by atoms with Crippen molar-refractivity contribution in [3.63, 3.8) is 0 Å². The van der Waals surface area contributed by atoms with Crippen molar-refractivity contribution < 1.29 is 9.90 Å². The zero-order chi connectivity index (χ0) is 15.4. The largest absolute Gasteiger partial charge is 0.396 e. The molecule has 1 aliphatic carbocycles. The number of rotatable bonds is 4. The van der Waals surface area contributed by atoms with Crippen molar-refractivity contribution in [3.8, 4) is 5.69 Å². The number of carbonyl (C=O) groups excluding carboxylic acids is 1. The Morgan fingerprint density at radius 2 is 2.14 bits per heavy atom. The number of benzene rings is 1. The van der Waals surface area contributed by atoms with Crippen LogP contribution in [0.1, 0.15) is 6.42 Å². The lowest BCUT2D eigenvalue weighted by molar-refractivity contribution is 0.238. The van der Waals surface area contributed by atoms with Crippen molar-refractivity contribution in [3.05, 3.63) is 54.9 Å². The average Bonchev–Trinajstić information content (AvgIpc) is 3.19. The fourth-order valence-corrected chi connectivity index (χ4v) is 2.47. The van der Waals surface area contributed by atoms with Gasteiger partial charge in [0.1, 0.15) is 0 Å². The first kappa shape index (κ1) is 14.3. The first-order valence-electron chi connectivity index (χ1n) is 7.21. The van der Waals surface area contributed by atoms with Crippen LogP contribution in [0.3, 0.4) is 0 Å². The van der Waals surface area contributed by atoms with Gasteiger partial charge >= 0.3 is 6.03 Å². The highest BCUT2D eigenvalue weighted by atomic mass is 16.3. The Morgan fingerprint density at radius 1 is 1.32 bits per heavy atom. The lowest BCUT2D eigenvalue weighted by atomic mass is 10.1. The molecular weight excluding hydrogens is 280 g/mol. The average molecular weight is 298 g/mol. The predicted octanol–water partition coefficient (Wildman–Crippen LogP) is 1.93. The molecule has 22 heavy (non-hydrogen) atoms. The maximum Gasteiger partial charge on any atom is 0.319 e. The number of hydrogen-bond donors (Lipinski definition) is 3. The molecule has 114 valence electrons.